The highest BCUT2D eigenvalue weighted by atomic mass is 16.5. The number of amides is 1. The Hall–Kier alpha value is -3.34. The molecule has 0 saturated carbocycles. The Balaban J connectivity index is 1.65. The van der Waals surface area contributed by atoms with Crippen molar-refractivity contribution in [3.63, 3.8) is 0 Å². The molecule has 0 aromatic heterocycles. The SMILES string of the molecule is C[C@@H](Oc1cccc2ccccc12)C(=O)N/N=C/c1ccccc1O. The average molecular weight is 334 g/mol. The van der Waals surface area contributed by atoms with Gasteiger partial charge in [-0.2, -0.15) is 5.10 Å². The third kappa shape index (κ3) is 3.95. The van der Waals surface area contributed by atoms with E-state index in [1.165, 1.54) is 6.21 Å². The monoisotopic (exact) mass is 334 g/mol. The molecule has 3 rings (SSSR count). The Morgan fingerprint density at radius 1 is 1.08 bits per heavy atom. The molecule has 5 nitrogen and oxygen atoms in total. The maximum Gasteiger partial charge on any atom is 0.280 e. The predicted molar refractivity (Wildman–Crippen MR) is 97.9 cm³/mol. The van der Waals surface area contributed by atoms with Gasteiger partial charge in [0, 0.05) is 10.9 Å². The van der Waals surface area contributed by atoms with E-state index in [9.17, 15) is 9.90 Å². The van der Waals surface area contributed by atoms with Crippen LogP contribution in [0.5, 0.6) is 11.5 Å². The molecular formula is C20H18N2O3. The molecule has 2 N–H and O–H groups in total. The van der Waals surface area contributed by atoms with Gasteiger partial charge in [-0.1, -0.05) is 48.5 Å². The van der Waals surface area contributed by atoms with Crippen LogP contribution in [0.2, 0.25) is 0 Å². The van der Waals surface area contributed by atoms with Crippen LogP contribution < -0.4 is 10.2 Å². The van der Waals surface area contributed by atoms with Gasteiger partial charge >= 0.3 is 0 Å². The summed E-state index contributed by atoms with van der Waals surface area (Å²) in [6.07, 6.45) is 0.671. The molecule has 0 aliphatic carbocycles. The van der Waals surface area contributed by atoms with Crippen LogP contribution in [0.3, 0.4) is 0 Å². The van der Waals surface area contributed by atoms with Crippen molar-refractivity contribution < 1.29 is 14.6 Å². The number of phenols is 1. The van der Waals surface area contributed by atoms with Gasteiger partial charge in [-0.3, -0.25) is 4.79 Å². The van der Waals surface area contributed by atoms with Gasteiger partial charge in [0.2, 0.25) is 0 Å². The number of nitrogens with one attached hydrogen (secondary N) is 1. The Bertz CT molecular complexity index is 916. The smallest absolute Gasteiger partial charge is 0.280 e. The Morgan fingerprint density at radius 2 is 1.80 bits per heavy atom. The lowest BCUT2D eigenvalue weighted by atomic mass is 10.1. The van der Waals surface area contributed by atoms with Gasteiger partial charge < -0.3 is 9.84 Å². The molecule has 0 aliphatic rings. The normalized spacial score (nSPS) is 12.2. The topological polar surface area (TPSA) is 70.9 Å². The number of phenolic OH excluding ortho intramolecular Hbond substituents is 1. The summed E-state index contributed by atoms with van der Waals surface area (Å²) in [5.74, 6) is 0.366. The summed E-state index contributed by atoms with van der Waals surface area (Å²) in [6, 6.07) is 20.3. The molecular weight excluding hydrogens is 316 g/mol. The maximum absolute atomic E-state index is 12.1. The molecule has 0 unspecified atom stereocenters. The number of aromatic hydroxyl groups is 1. The Morgan fingerprint density at radius 3 is 2.64 bits per heavy atom. The molecule has 25 heavy (non-hydrogen) atoms. The zero-order chi connectivity index (χ0) is 17.6. The quantitative estimate of drug-likeness (QED) is 0.554. The number of para-hydroxylation sites is 1. The third-order valence-electron chi connectivity index (χ3n) is 3.74. The molecule has 0 heterocycles. The van der Waals surface area contributed by atoms with E-state index in [-0.39, 0.29) is 11.7 Å². The van der Waals surface area contributed by atoms with Crippen molar-refractivity contribution in [1.29, 1.82) is 0 Å². The molecule has 1 amide bonds. The van der Waals surface area contributed by atoms with Crippen LogP contribution in [0.1, 0.15) is 12.5 Å². The minimum Gasteiger partial charge on any atom is -0.507 e. The van der Waals surface area contributed by atoms with Gasteiger partial charge in [-0.15, -0.1) is 0 Å². The number of benzene rings is 3. The largest absolute Gasteiger partial charge is 0.507 e. The molecule has 126 valence electrons. The number of nitrogens with zero attached hydrogens (tertiary/aromatic N) is 1. The number of hydrazone groups is 1. The van der Waals surface area contributed by atoms with Crippen LogP contribution >= 0.6 is 0 Å². The van der Waals surface area contributed by atoms with E-state index in [0.717, 1.165) is 10.8 Å². The fourth-order valence-electron chi connectivity index (χ4n) is 2.40. The van der Waals surface area contributed by atoms with E-state index in [4.69, 9.17) is 4.74 Å². The molecule has 0 spiro atoms. The Kier molecular flexibility index (Phi) is 4.95. The highest BCUT2D eigenvalue weighted by Gasteiger charge is 2.15. The first-order valence-electron chi connectivity index (χ1n) is 7.90. The van der Waals surface area contributed by atoms with E-state index in [2.05, 4.69) is 10.5 Å². The first kappa shape index (κ1) is 16.5. The minimum atomic E-state index is -0.715. The number of carbonyl (C=O) groups is 1. The van der Waals surface area contributed by atoms with Crippen molar-refractivity contribution in [3.05, 3.63) is 72.3 Å². The van der Waals surface area contributed by atoms with Crippen LogP contribution in [0.4, 0.5) is 0 Å². The van der Waals surface area contributed by atoms with E-state index in [1.54, 1.807) is 31.2 Å². The second-order valence-electron chi connectivity index (χ2n) is 5.53. The zero-order valence-electron chi connectivity index (χ0n) is 13.7. The molecule has 3 aromatic rings. The molecule has 0 bridgehead atoms. The fraction of sp³-hybridized carbons (Fsp3) is 0.100. The number of fused-ring (bicyclic) bond motifs is 1. The van der Waals surface area contributed by atoms with Crippen molar-refractivity contribution >= 4 is 22.9 Å². The van der Waals surface area contributed by atoms with E-state index in [0.29, 0.717) is 11.3 Å². The average Bonchev–Trinajstić information content (AvgIpc) is 2.63. The highest BCUT2D eigenvalue weighted by Crippen LogP contribution is 2.26. The number of rotatable bonds is 5. The molecule has 0 radical (unpaired) electrons. The van der Waals surface area contributed by atoms with Crippen LogP contribution in [-0.2, 0) is 4.79 Å². The van der Waals surface area contributed by atoms with E-state index >= 15 is 0 Å². The Labute approximate surface area is 145 Å². The molecule has 0 aliphatic heterocycles. The molecule has 1 atom stereocenters. The lowest BCUT2D eigenvalue weighted by Gasteiger charge is -2.14. The summed E-state index contributed by atoms with van der Waals surface area (Å²) < 4.78 is 5.78. The van der Waals surface area contributed by atoms with E-state index < -0.39 is 6.10 Å². The van der Waals surface area contributed by atoms with E-state index in [1.807, 2.05) is 42.5 Å². The van der Waals surface area contributed by atoms with Gasteiger partial charge in [-0.25, -0.2) is 5.43 Å². The summed E-state index contributed by atoms with van der Waals surface area (Å²) in [4.78, 5) is 12.1. The number of carbonyl (C=O) groups excluding carboxylic acids is 1. The second-order valence-corrected chi connectivity index (χ2v) is 5.53. The number of ether oxygens (including phenoxy) is 1. The van der Waals surface area contributed by atoms with Gasteiger partial charge in [-0.05, 0) is 30.5 Å². The van der Waals surface area contributed by atoms with Crippen molar-refractivity contribution in [1.82, 2.24) is 5.43 Å². The minimum absolute atomic E-state index is 0.0977. The lowest BCUT2D eigenvalue weighted by Crippen LogP contribution is -2.33. The fourth-order valence-corrected chi connectivity index (χ4v) is 2.40. The molecule has 5 heteroatoms. The van der Waals surface area contributed by atoms with Crippen molar-refractivity contribution in [3.8, 4) is 11.5 Å². The van der Waals surface area contributed by atoms with Gasteiger partial charge in [0.05, 0.1) is 6.21 Å². The van der Waals surface area contributed by atoms with Gasteiger partial charge in [0.15, 0.2) is 6.10 Å². The lowest BCUT2D eigenvalue weighted by molar-refractivity contribution is -0.127. The summed E-state index contributed by atoms with van der Waals surface area (Å²) in [7, 11) is 0. The van der Waals surface area contributed by atoms with Crippen molar-refractivity contribution in [2.24, 2.45) is 5.10 Å². The zero-order valence-corrected chi connectivity index (χ0v) is 13.7. The molecule has 0 saturated heterocycles. The third-order valence-corrected chi connectivity index (χ3v) is 3.74. The number of hydrogen-bond donors (Lipinski definition) is 2. The first-order chi connectivity index (χ1) is 12.1. The molecule has 3 aromatic carbocycles. The van der Waals surface area contributed by atoms with Crippen molar-refractivity contribution in [2.45, 2.75) is 13.0 Å². The predicted octanol–water partition coefficient (Wildman–Crippen LogP) is 3.46. The summed E-state index contributed by atoms with van der Waals surface area (Å²) >= 11 is 0. The van der Waals surface area contributed by atoms with Gasteiger partial charge in [0.1, 0.15) is 11.5 Å². The van der Waals surface area contributed by atoms with Crippen LogP contribution in [0, 0.1) is 0 Å². The van der Waals surface area contributed by atoms with Crippen LogP contribution in [0.25, 0.3) is 10.8 Å². The standard InChI is InChI=1S/C20H18N2O3/c1-14(20(24)22-21-13-16-8-3-5-11-18(16)23)25-19-12-6-9-15-7-2-4-10-17(15)19/h2-14,23H,1H3,(H,22,24)/b21-13+/t14-/m1/s1. The maximum atomic E-state index is 12.1. The van der Waals surface area contributed by atoms with Gasteiger partial charge in [0.25, 0.3) is 5.91 Å². The first-order valence-corrected chi connectivity index (χ1v) is 7.90. The highest BCUT2D eigenvalue weighted by molar-refractivity contribution is 5.89. The summed E-state index contributed by atoms with van der Waals surface area (Å²) in [5, 5.41) is 15.5. The van der Waals surface area contributed by atoms with Crippen LogP contribution in [0.15, 0.2) is 71.8 Å². The van der Waals surface area contributed by atoms with Crippen molar-refractivity contribution in [2.75, 3.05) is 0 Å². The summed E-state index contributed by atoms with van der Waals surface area (Å²) in [5.41, 5.74) is 2.94. The molecule has 0 fully saturated rings. The van der Waals surface area contributed by atoms with Crippen LogP contribution in [-0.4, -0.2) is 23.3 Å². The summed E-state index contributed by atoms with van der Waals surface area (Å²) in [6.45, 7) is 1.66. The second kappa shape index (κ2) is 7.49. The number of hydrogen-bond acceptors (Lipinski definition) is 4.